The van der Waals surface area contributed by atoms with Crippen LogP contribution in [0.3, 0.4) is 0 Å². The number of carbonyl (C=O) groups excluding carboxylic acids is 1. The van der Waals surface area contributed by atoms with Gasteiger partial charge in [0.2, 0.25) is 0 Å². The standard InChI is InChI=1S/C44H64N2O13/c1-46(44(47)59-36-43-41-8-4-2-6-39(41)40-7-3-5-9-42(40)43)14-15-48-16-17-49-18-19-50-20-21-51-22-23-52-24-25-53-26-27-54-28-29-55-30-31-56-32-33-57-34-35-58-38-12-10-37(45)11-13-38/h2-13,43H,14-36,45H2,1H3. The van der Waals surface area contributed by atoms with Crippen molar-refractivity contribution in [2.75, 3.05) is 165 Å². The fraction of sp³-hybridized carbons (Fsp3) is 0.568. The van der Waals surface area contributed by atoms with Crippen LogP contribution in [0, 0.1) is 0 Å². The Morgan fingerprint density at radius 1 is 0.475 bits per heavy atom. The van der Waals surface area contributed by atoms with Gasteiger partial charge in [0.15, 0.2) is 0 Å². The average molecular weight is 829 g/mol. The van der Waals surface area contributed by atoms with Gasteiger partial charge in [0.25, 0.3) is 0 Å². The largest absolute Gasteiger partial charge is 0.491 e. The van der Waals surface area contributed by atoms with E-state index < -0.39 is 0 Å². The van der Waals surface area contributed by atoms with Crippen molar-refractivity contribution < 1.29 is 61.6 Å². The maximum absolute atomic E-state index is 12.6. The lowest BCUT2D eigenvalue weighted by Crippen LogP contribution is -2.32. The van der Waals surface area contributed by atoms with Crippen molar-refractivity contribution in [3.8, 4) is 16.9 Å². The summed E-state index contributed by atoms with van der Waals surface area (Å²) in [5.41, 5.74) is 11.1. The summed E-state index contributed by atoms with van der Waals surface area (Å²) in [6.45, 7) is 10.7. The first-order valence-corrected chi connectivity index (χ1v) is 20.5. The molecule has 0 heterocycles. The van der Waals surface area contributed by atoms with Crippen molar-refractivity contribution in [3.63, 3.8) is 0 Å². The van der Waals surface area contributed by atoms with Gasteiger partial charge in [-0.05, 0) is 46.5 Å². The molecule has 0 saturated heterocycles. The number of rotatable bonds is 36. The molecule has 0 unspecified atom stereocenters. The van der Waals surface area contributed by atoms with Gasteiger partial charge >= 0.3 is 6.09 Å². The van der Waals surface area contributed by atoms with Crippen molar-refractivity contribution in [2.24, 2.45) is 0 Å². The van der Waals surface area contributed by atoms with Crippen LogP contribution < -0.4 is 10.5 Å². The monoisotopic (exact) mass is 828 g/mol. The molecule has 0 radical (unpaired) electrons. The molecule has 328 valence electrons. The van der Waals surface area contributed by atoms with Crippen LogP contribution in [0.5, 0.6) is 5.75 Å². The van der Waals surface area contributed by atoms with Gasteiger partial charge in [0.1, 0.15) is 19.0 Å². The molecule has 1 amide bonds. The maximum atomic E-state index is 12.6. The Bertz CT molecular complexity index is 1470. The Morgan fingerprint density at radius 3 is 1.20 bits per heavy atom. The summed E-state index contributed by atoms with van der Waals surface area (Å²) in [4.78, 5) is 14.2. The highest BCUT2D eigenvalue weighted by Gasteiger charge is 2.29. The number of amides is 1. The number of fused-ring (bicyclic) bond motifs is 3. The fourth-order valence-electron chi connectivity index (χ4n) is 5.86. The van der Waals surface area contributed by atoms with Gasteiger partial charge < -0.3 is 67.5 Å². The Hall–Kier alpha value is -3.87. The summed E-state index contributed by atoms with van der Waals surface area (Å²) in [5, 5.41) is 0. The van der Waals surface area contributed by atoms with E-state index in [0.29, 0.717) is 158 Å². The third-order valence-corrected chi connectivity index (χ3v) is 8.94. The Labute approximate surface area is 349 Å². The minimum atomic E-state index is -0.366. The van der Waals surface area contributed by atoms with E-state index in [4.69, 9.17) is 62.6 Å². The maximum Gasteiger partial charge on any atom is 0.409 e. The number of anilines is 1. The Balaban J connectivity index is 0.790. The molecule has 0 fully saturated rings. The smallest absolute Gasteiger partial charge is 0.409 e. The van der Waals surface area contributed by atoms with E-state index >= 15 is 0 Å². The first-order chi connectivity index (χ1) is 29.1. The van der Waals surface area contributed by atoms with E-state index in [2.05, 4.69) is 24.3 Å². The number of nitrogens with two attached hydrogens (primary N) is 1. The summed E-state index contributed by atoms with van der Waals surface area (Å²) in [5.74, 6) is 0.803. The average Bonchev–Trinajstić information content (AvgIpc) is 3.58. The van der Waals surface area contributed by atoms with E-state index in [0.717, 1.165) is 5.75 Å². The number of hydrogen-bond acceptors (Lipinski definition) is 14. The lowest BCUT2D eigenvalue weighted by molar-refractivity contribution is -0.0268. The number of likely N-dealkylation sites (N-methyl/N-ethyl adjacent to an activating group) is 1. The number of benzene rings is 3. The van der Waals surface area contributed by atoms with Crippen LogP contribution in [-0.2, 0) is 52.1 Å². The normalized spacial score (nSPS) is 12.1. The zero-order valence-corrected chi connectivity index (χ0v) is 34.6. The molecule has 15 nitrogen and oxygen atoms in total. The van der Waals surface area contributed by atoms with Gasteiger partial charge in [-0.15, -0.1) is 0 Å². The molecule has 0 atom stereocenters. The third-order valence-electron chi connectivity index (χ3n) is 8.94. The van der Waals surface area contributed by atoms with Gasteiger partial charge in [-0.3, -0.25) is 0 Å². The van der Waals surface area contributed by atoms with Crippen LogP contribution in [0.4, 0.5) is 10.5 Å². The topological polar surface area (TPSA) is 157 Å². The molecule has 3 aromatic carbocycles. The van der Waals surface area contributed by atoms with Gasteiger partial charge in [-0.2, -0.15) is 0 Å². The van der Waals surface area contributed by atoms with E-state index in [9.17, 15) is 4.79 Å². The van der Waals surface area contributed by atoms with E-state index in [1.807, 2.05) is 36.4 Å². The molecule has 0 saturated carbocycles. The van der Waals surface area contributed by atoms with E-state index in [-0.39, 0.29) is 12.0 Å². The van der Waals surface area contributed by atoms with Crippen molar-refractivity contribution in [3.05, 3.63) is 83.9 Å². The highest BCUT2D eigenvalue weighted by atomic mass is 16.6. The molecule has 15 heteroatoms. The van der Waals surface area contributed by atoms with Crippen molar-refractivity contribution in [1.82, 2.24) is 4.90 Å². The summed E-state index contributed by atoms with van der Waals surface area (Å²) >= 11 is 0. The Kier molecular flexibility index (Phi) is 25.2. The van der Waals surface area contributed by atoms with Gasteiger partial charge in [0, 0.05) is 25.2 Å². The second-order valence-corrected chi connectivity index (χ2v) is 13.3. The van der Waals surface area contributed by atoms with Gasteiger partial charge in [-0.25, -0.2) is 4.79 Å². The molecule has 0 spiro atoms. The number of nitrogens with zero attached hydrogens (tertiary/aromatic N) is 1. The SMILES string of the molecule is CN(CCOCCOCCOCCOCCOCCOCCOCCOCCOCCOCCOc1ccc(N)cc1)C(=O)OCC1c2ccccc2-c2ccccc21. The molecule has 3 aromatic rings. The molecular formula is C44H64N2O13. The van der Waals surface area contributed by atoms with Crippen LogP contribution in [0.25, 0.3) is 11.1 Å². The minimum Gasteiger partial charge on any atom is -0.491 e. The zero-order valence-electron chi connectivity index (χ0n) is 34.6. The molecule has 59 heavy (non-hydrogen) atoms. The predicted octanol–water partition coefficient (Wildman–Crippen LogP) is 4.69. The number of ether oxygens (including phenoxy) is 12. The van der Waals surface area contributed by atoms with Crippen LogP contribution >= 0.6 is 0 Å². The molecule has 1 aliphatic carbocycles. The van der Waals surface area contributed by atoms with Crippen molar-refractivity contribution >= 4 is 11.8 Å². The predicted molar refractivity (Wildman–Crippen MR) is 222 cm³/mol. The van der Waals surface area contributed by atoms with Crippen LogP contribution in [0.1, 0.15) is 17.0 Å². The molecule has 0 aliphatic heterocycles. The molecule has 4 rings (SSSR count). The molecule has 0 bridgehead atoms. The molecular weight excluding hydrogens is 764 g/mol. The Morgan fingerprint density at radius 2 is 0.814 bits per heavy atom. The van der Waals surface area contributed by atoms with Crippen LogP contribution in [-0.4, -0.2) is 170 Å². The fourth-order valence-corrected chi connectivity index (χ4v) is 5.86. The van der Waals surface area contributed by atoms with Gasteiger partial charge in [-0.1, -0.05) is 48.5 Å². The summed E-state index contributed by atoms with van der Waals surface area (Å²) in [7, 11) is 1.71. The molecule has 1 aliphatic rings. The van der Waals surface area contributed by atoms with Crippen LogP contribution in [0.2, 0.25) is 0 Å². The highest BCUT2D eigenvalue weighted by Crippen LogP contribution is 2.44. The summed E-state index contributed by atoms with van der Waals surface area (Å²) < 4.78 is 66.5. The van der Waals surface area contributed by atoms with Crippen molar-refractivity contribution in [2.45, 2.75) is 5.92 Å². The lowest BCUT2D eigenvalue weighted by atomic mass is 9.98. The first kappa shape index (κ1) is 47.8. The number of hydrogen-bond donors (Lipinski definition) is 1. The lowest BCUT2D eigenvalue weighted by Gasteiger charge is -2.19. The van der Waals surface area contributed by atoms with Crippen molar-refractivity contribution in [1.29, 1.82) is 0 Å². The summed E-state index contributed by atoms with van der Waals surface area (Å²) in [6, 6.07) is 23.8. The molecule has 2 N–H and O–H groups in total. The first-order valence-electron chi connectivity index (χ1n) is 20.5. The minimum absolute atomic E-state index is 0.0360. The second-order valence-electron chi connectivity index (χ2n) is 13.3. The summed E-state index contributed by atoms with van der Waals surface area (Å²) in [6.07, 6.45) is -0.366. The number of nitrogen functional groups attached to an aromatic ring is 1. The zero-order chi connectivity index (χ0) is 41.4. The second kappa shape index (κ2) is 31.1. The van der Waals surface area contributed by atoms with Gasteiger partial charge in [0.05, 0.1) is 132 Å². The van der Waals surface area contributed by atoms with E-state index in [1.165, 1.54) is 27.2 Å². The van der Waals surface area contributed by atoms with E-state index in [1.54, 1.807) is 19.2 Å². The number of carbonyl (C=O) groups is 1. The van der Waals surface area contributed by atoms with Crippen LogP contribution in [0.15, 0.2) is 72.8 Å². The quantitative estimate of drug-likeness (QED) is 0.0636. The molecule has 0 aromatic heterocycles. The third kappa shape index (κ3) is 20.3. The highest BCUT2D eigenvalue weighted by molar-refractivity contribution is 5.79.